The minimum absolute atomic E-state index is 0.151. The van der Waals surface area contributed by atoms with Gasteiger partial charge in [-0.15, -0.1) is 0 Å². The van der Waals surface area contributed by atoms with Crippen LogP contribution in [-0.4, -0.2) is 82.3 Å². The number of hydrogen-bond donors (Lipinski definition) is 1. The second kappa shape index (κ2) is 13.5. The Morgan fingerprint density at radius 1 is 0.596 bits per heavy atom. The molecule has 2 aliphatic carbocycles. The van der Waals surface area contributed by atoms with Crippen LogP contribution in [-0.2, 0) is 38.0 Å². The van der Waals surface area contributed by atoms with Gasteiger partial charge in [0, 0.05) is 20.3 Å². The van der Waals surface area contributed by atoms with Crippen molar-refractivity contribution in [2.45, 2.75) is 95.3 Å². The van der Waals surface area contributed by atoms with Gasteiger partial charge in [0.05, 0.1) is 39.2 Å². The van der Waals surface area contributed by atoms with Crippen LogP contribution in [0.3, 0.4) is 0 Å². The fourth-order valence-corrected chi connectivity index (χ4v) is 8.74. The fraction of sp³-hybridized carbons (Fsp3) is 0.425. The zero-order valence-electron chi connectivity index (χ0n) is 29.8. The van der Waals surface area contributed by atoms with Gasteiger partial charge >= 0.3 is 29.8 Å². The van der Waals surface area contributed by atoms with Crippen LogP contribution in [0.25, 0.3) is 0 Å². The molecule has 1 spiro atoms. The van der Waals surface area contributed by atoms with Crippen molar-refractivity contribution in [2.75, 3.05) is 0 Å². The number of carbonyl (C=O) groups is 5. The Morgan fingerprint density at radius 3 is 1.46 bits per heavy atom. The number of ether oxygens (including phenoxy) is 6. The molecular weight excluding hydrogens is 672 g/mol. The van der Waals surface area contributed by atoms with Crippen molar-refractivity contribution in [2.24, 2.45) is 11.3 Å². The van der Waals surface area contributed by atoms with Crippen LogP contribution < -0.4 is 0 Å². The summed E-state index contributed by atoms with van der Waals surface area (Å²) in [6, 6.07) is 24.3. The molecule has 2 bridgehead atoms. The van der Waals surface area contributed by atoms with Gasteiger partial charge < -0.3 is 33.5 Å². The van der Waals surface area contributed by atoms with Gasteiger partial charge in [-0.25, -0.2) is 14.4 Å². The van der Waals surface area contributed by atoms with E-state index in [1.54, 1.807) is 87.5 Å². The number of fused-ring (bicyclic) bond motifs is 1. The van der Waals surface area contributed by atoms with Gasteiger partial charge in [-0.1, -0.05) is 54.6 Å². The first kappa shape index (κ1) is 36.7. The second-order valence-electron chi connectivity index (χ2n) is 14.5. The molecule has 6 rings (SSSR count). The van der Waals surface area contributed by atoms with Crippen LogP contribution >= 0.6 is 0 Å². The Bertz CT molecular complexity index is 1840. The third kappa shape index (κ3) is 6.03. The highest BCUT2D eigenvalue weighted by molar-refractivity contribution is 5.91. The predicted molar refractivity (Wildman–Crippen MR) is 183 cm³/mol. The molecule has 12 nitrogen and oxygen atoms in total. The number of esters is 5. The summed E-state index contributed by atoms with van der Waals surface area (Å²) in [4.78, 5) is 67.6. The summed E-state index contributed by atoms with van der Waals surface area (Å²) in [5.74, 6) is -4.93. The molecule has 9 atom stereocenters. The van der Waals surface area contributed by atoms with Crippen LogP contribution in [0.1, 0.15) is 79.0 Å². The first-order valence-corrected chi connectivity index (χ1v) is 17.1. The third-order valence-electron chi connectivity index (χ3n) is 10.7. The van der Waals surface area contributed by atoms with Crippen molar-refractivity contribution < 1.29 is 57.5 Å². The molecule has 0 unspecified atom stereocenters. The summed E-state index contributed by atoms with van der Waals surface area (Å²) < 4.78 is 37.8. The number of benzene rings is 3. The lowest BCUT2D eigenvalue weighted by Crippen LogP contribution is -2.83. The molecule has 12 heteroatoms. The number of carbonyl (C=O) groups excluding carboxylic acids is 5. The molecule has 1 heterocycles. The number of hydrogen-bond acceptors (Lipinski definition) is 12. The SMILES string of the molecule is CC(=O)O[C@H]1[C@@H]2[C@@H](OC(C)=O)[C@@]3(OC2(C)C)[C@](C)([C@H]1OC(=O)c1ccccc1)[C@@H](OC(=O)c1ccccc1)[C@@H](OC(=O)c1ccccc1)C[C@@]3(C)O. The van der Waals surface area contributed by atoms with E-state index in [1.807, 2.05) is 0 Å². The molecule has 1 N–H and O–H groups in total. The summed E-state index contributed by atoms with van der Waals surface area (Å²) >= 11 is 0. The highest BCUT2D eigenvalue weighted by atomic mass is 16.6. The Kier molecular flexibility index (Phi) is 9.52. The number of aliphatic hydroxyl groups is 1. The van der Waals surface area contributed by atoms with Gasteiger partial charge in [-0.3, -0.25) is 9.59 Å². The Labute approximate surface area is 301 Å². The van der Waals surface area contributed by atoms with Crippen molar-refractivity contribution in [1.29, 1.82) is 0 Å². The maximum atomic E-state index is 14.0. The molecule has 1 saturated heterocycles. The summed E-state index contributed by atoms with van der Waals surface area (Å²) in [6.07, 6.45) is -7.61. The molecule has 3 fully saturated rings. The summed E-state index contributed by atoms with van der Waals surface area (Å²) in [7, 11) is 0. The van der Waals surface area contributed by atoms with E-state index in [4.69, 9.17) is 28.4 Å². The van der Waals surface area contributed by atoms with E-state index >= 15 is 0 Å². The van der Waals surface area contributed by atoms with Crippen LogP contribution in [0, 0.1) is 11.3 Å². The van der Waals surface area contributed by atoms with Crippen LogP contribution in [0.15, 0.2) is 91.0 Å². The summed E-state index contributed by atoms with van der Waals surface area (Å²) in [5.41, 5.74) is -6.84. The second-order valence-corrected chi connectivity index (χ2v) is 14.5. The maximum Gasteiger partial charge on any atom is 0.338 e. The molecule has 1 aliphatic heterocycles. The van der Waals surface area contributed by atoms with Gasteiger partial charge in [-0.2, -0.15) is 0 Å². The quantitative estimate of drug-likeness (QED) is 0.250. The predicted octanol–water partition coefficient (Wildman–Crippen LogP) is 4.87. The van der Waals surface area contributed by atoms with Crippen LogP contribution in [0.5, 0.6) is 0 Å². The van der Waals surface area contributed by atoms with E-state index in [0.717, 1.165) is 0 Å². The minimum atomic E-state index is -2.04. The largest absolute Gasteiger partial charge is 0.459 e. The maximum absolute atomic E-state index is 14.0. The highest BCUT2D eigenvalue weighted by Gasteiger charge is 2.87. The van der Waals surface area contributed by atoms with E-state index in [-0.39, 0.29) is 23.1 Å². The monoisotopic (exact) mass is 714 g/mol. The molecule has 2 saturated carbocycles. The first-order chi connectivity index (χ1) is 24.5. The Balaban J connectivity index is 1.62. The smallest absolute Gasteiger partial charge is 0.338 e. The van der Waals surface area contributed by atoms with Gasteiger partial charge in [0.15, 0.2) is 12.2 Å². The number of rotatable bonds is 8. The highest BCUT2D eigenvalue weighted by Crippen LogP contribution is 2.69. The van der Waals surface area contributed by atoms with Crippen molar-refractivity contribution in [3.05, 3.63) is 108 Å². The standard InChI is InChI=1S/C40H42O12/c1-23(41)47-30-29-32(48-24(2)42)40(52-37(29,3)4)38(5,46)22-28(49-34(43)25-16-10-7-11-17-25)31(50-35(44)26-18-12-8-13-19-26)39(40,6)33(30)51-36(45)27-20-14-9-15-21-27/h7-21,28-33,46H,22H2,1-6H3/t28-,29+,30-,31-,32+,33-,38+,39-,40-/m0/s1. The first-order valence-electron chi connectivity index (χ1n) is 17.1. The summed E-state index contributed by atoms with van der Waals surface area (Å²) in [6.45, 7) is 8.73. The average Bonchev–Trinajstić information content (AvgIpc) is 3.31. The van der Waals surface area contributed by atoms with Crippen molar-refractivity contribution in [3.63, 3.8) is 0 Å². The van der Waals surface area contributed by atoms with Gasteiger partial charge in [0.25, 0.3) is 0 Å². The topological polar surface area (TPSA) is 161 Å². The molecule has 0 amide bonds. The lowest BCUT2D eigenvalue weighted by atomic mass is 9.46. The fourth-order valence-electron chi connectivity index (χ4n) is 8.74. The van der Waals surface area contributed by atoms with Crippen molar-refractivity contribution in [3.8, 4) is 0 Å². The zero-order valence-corrected chi connectivity index (χ0v) is 29.8. The van der Waals surface area contributed by atoms with E-state index in [9.17, 15) is 29.1 Å². The Hall–Kier alpha value is -5.07. The third-order valence-corrected chi connectivity index (χ3v) is 10.7. The molecule has 0 radical (unpaired) electrons. The lowest BCUT2D eigenvalue weighted by Gasteiger charge is -2.65. The van der Waals surface area contributed by atoms with Gasteiger partial charge in [0.1, 0.15) is 23.9 Å². The van der Waals surface area contributed by atoms with Crippen LogP contribution in [0.2, 0.25) is 0 Å². The molecule has 3 aromatic carbocycles. The van der Waals surface area contributed by atoms with Crippen molar-refractivity contribution >= 4 is 29.8 Å². The lowest BCUT2D eigenvalue weighted by molar-refractivity contribution is -0.349. The molecule has 274 valence electrons. The molecule has 3 aromatic rings. The molecule has 3 aliphatic rings. The normalized spacial score (nSPS) is 32.8. The minimum Gasteiger partial charge on any atom is -0.459 e. The molecular formula is C40H42O12. The zero-order chi connectivity index (χ0) is 37.6. The van der Waals surface area contributed by atoms with E-state index in [2.05, 4.69) is 0 Å². The summed E-state index contributed by atoms with van der Waals surface area (Å²) in [5, 5.41) is 12.8. The van der Waals surface area contributed by atoms with Crippen LogP contribution in [0.4, 0.5) is 0 Å². The Morgan fingerprint density at radius 2 is 1.02 bits per heavy atom. The average molecular weight is 715 g/mol. The van der Waals surface area contributed by atoms with Gasteiger partial charge in [-0.05, 0) is 64.1 Å². The van der Waals surface area contributed by atoms with Crippen molar-refractivity contribution in [1.82, 2.24) is 0 Å². The van der Waals surface area contributed by atoms with E-state index in [0.29, 0.717) is 0 Å². The van der Waals surface area contributed by atoms with Gasteiger partial charge in [0.2, 0.25) is 0 Å². The molecule has 0 aromatic heterocycles. The molecule has 52 heavy (non-hydrogen) atoms. The van der Waals surface area contributed by atoms with E-state index in [1.165, 1.54) is 45.0 Å². The van der Waals surface area contributed by atoms with E-state index < -0.39 is 88.5 Å².